The van der Waals surface area contributed by atoms with Crippen LogP contribution in [-0.2, 0) is 4.79 Å². The molecular formula is C10H11ClO2S. The fraction of sp³-hybridized carbons (Fsp3) is 0.300. The second kappa shape index (κ2) is 4.71. The van der Waals surface area contributed by atoms with Gasteiger partial charge in [0.15, 0.2) is 5.78 Å². The van der Waals surface area contributed by atoms with Gasteiger partial charge in [-0.1, -0.05) is 0 Å². The van der Waals surface area contributed by atoms with Gasteiger partial charge >= 0.3 is 0 Å². The standard InChI is InChI=1S/C10H11ClO2S/c1-6(12)10(11)8-5-7(14)3-4-9(8)13-2/h3-5,10,14H,1-2H3. The smallest absolute Gasteiger partial charge is 0.152 e. The molecule has 0 aromatic heterocycles. The summed E-state index contributed by atoms with van der Waals surface area (Å²) < 4.78 is 5.10. The minimum atomic E-state index is -0.669. The van der Waals surface area contributed by atoms with Gasteiger partial charge in [-0.25, -0.2) is 0 Å². The van der Waals surface area contributed by atoms with Crippen molar-refractivity contribution in [1.82, 2.24) is 0 Å². The van der Waals surface area contributed by atoms with Gasteiger partial charge in [-0.15, -0.1) is 24.2 Å². The van der Waals surface area contributed by atoms with E-state index in [1.165, 1.54) is 6.92 Å². The van der Waals surface area contributed by atoms with Gasteiger partial charge in [0.1, 0.15) is 11.1 Å². The lowest BCUT2D eigenvalue weighted by atomic mass is 10.1. The highest BCUT2D eigenvalue weighted by Gasteiger charge is 2.17. The van der Waals surface area contributed by atoms with Crippen LogP contribution in [0.3, 0.4) is 0 Å². The predicted octanol–water partition coefficient (Wildman–Crippen LogP) is 2.85. The minimum Gasteiger partial charge on any atom is -0.496 e. The van der Waals surface area contributed by atoms with Gasteiger partial charge in [0.2, 0.25) is 0 Å². The van der Waals surface area contributed by atoms with Crippen LogP contribution >= 0.6 is 24.2 Å². The molecule has 14 heavy (non-hydrogen) atoms. The molecule has 2 nitrogen and oxygen atoms in total. The maximum atomic E-state index is 11.1. The lowest BCUT2D eigenvalue weighted by Gasteiger charge is -2.11. The molecule has 1 rings (SSSR count). The number of hydrogen-bond donors (Lipinski definition) is 1. The number of methoxy groups -OCH3 is 1. The van der Waals surface area contributed by atoms with E-state index in [9.17, 15) is 4.79 Å². The molecule has 0 radical (unpaired) electrons. The van der Waals surface area contributed by atoms with Crippen molar-refractivity contribution in [3.05, 3.63) is 23.8 Å². The first-order valence-corrected chi connectivity index (χ1v) is 4.96. The minimum absolute atomic E-state index is 0.107. The van der Waals surface area contributed by atoms with Gasteiger partial charge in [0, 0.05) is 10.5 Å². The lowest BCUT2D eigenvalue weighted by molar-refractivity contribution is -0.116. The Morgan fingerprint density at radius 2 is 2.21 bits per heavy atom. The number of benzene rings is 1. The van der Waals surface area contributed by atoms with E-state index in [0.29, 0.717) is 11.3 Å². The van der Waals surface area contributed by atoms with Crippen LogP contribution in [-0.4, -0.2) is 12.9 Å². The molecule has 0 aliphatic rings. The van der Waals surface area contributed by atoms with E-state index >= 15 is 0 Å². The number of Topliss-reactive ketones (excluding diaryl/α,β-unsaturated/α-hetero) is 1. The lowest BCUT2D eigenvalue weighted by Crippen LogP contribution is -2.03. The van der Waals surface area contributed by atoms with Crippen LogP contribution in [0, 0.1) is 0 Å². The molecule has 4 heteroatoms. The highest BCUT2D eigenvalue weighted by atomic mass is 35.5. The SMILES string of the molecule is COc1ccc(S)cc1C(Cl)C(C)=O. The van der Waals surface area contributed by atoms with Crippen molar-refractivity contribution in [2.75, 3.05) is 7.11 Å². The van der Waals surface area contributed by atoms with E-state index in [1.807, 2.05) is 0 Å². The number of alkyl halides is 1. The third-order valence-electron chi connectivity index (χ3n) is 1.84. The summed E-state index contributed by atoms with van der Waals surface area (Å²) in [6.07, 6.45) is 0. The molecule has 0 saturated heterocycles. The highest BCUT2D eigenvalue weighted by molar-refractivity contribution is 7.80. The normalized spacial score (nSPS) is 12.3. The van der Waals surface area contributed by atoms with Gasteiger partial charge in [-0.05, 0) is 25.1 Å². The first-order chi connectivity index (χ1) is 6.56. The number of carbonyl (C=O) groups is 1. The van der Waals surface area contributed by atoms with Crippen LogP contribution in [0.1, 0.15) is 17.9 Å². The highest BCUT2D eigenvalue weighted by Crippen LogP contribution is 2.31. The van der Waals surface area contributed by atoms with Crippen LogP contribution in [0.15, 0.2) is 23.1 Å². The van der Waals surface area contributed by atoms with E-state index in [4.69, 9.17) is 16.3 Å². The summed E-state index contributed by atoms with van der Waals surface area (Å²) in [6, 6.07) is 5.27. The van der Waals surface area contributed by atoms with Crippen molar-refractivity contribution in [3.8, 4) is 5.75 Å². The largest absolute Gasteiger partial charge is 0.496 e. The number of ketones is 1. The Kier molecular flexibility index (Phi) is 3.84. The van der Waals surface area contributed by atoms with Crippen LogP contribution in [0.25, 0.3) is 0 Å². The number of rotatable bonds is 3. The summed E-state index contributed by atoms with van der Waals surface area (Å²) >= 11 is 10.1. The van der Waals surface area contributed by atoms with Gasteiger partial charge in [0.25, 0.3) is 0 Å². The molecule has 1 aromatic rings. The summed E-state index contributed by atoms with van der Waals surface area (Å²) in [4.78, 5) is 11.9. The van der Waals surface area contributed by atoms with E-state index in [0.717, 1.165) is 4.90 Å². The van der Waals surface area contributed by atoms with Gasteiger partial charge < -0.3 is 4.74 Å². The molecule has 1 atom stereocenters. The monoisotopic (exact) mass is 230 g/mol. The Balaban J connectivity index is 3.16. The van der Waals surface area contributed by atoms with Crippen LogP contribution in [0.2, 0.25) is 0 Å². The molecule has 0 bridgehead atoms. The van der Waals surface area contributed by atoms with E-state index in [-0.39, 0.29) is 5.78 Å². The molecule has 0 aliphatic carbocycles. The first kappa shape index (κ1) is 11.4. The zero-order valence-corrected chi connectivity index (χ0v) is 9.60. The second-order valence-corrected chi connectivity index (χ2v) is 3.85. The zero-order valence-electron chi connectivity index (χ0n) is 7.95. The van der Waals surface area contributed by atoms with Crippen LogP contribution < -0.4 is 4.74 Å². The third-order valence-corrected chi connectivity index (χ3v) is 2.66. The summed E-state index contributed by atoms with van der Waals surface area (Å²) in [6.45, 7) is 1.45. The second-order valence-electron chi connectivity index (χ2n) is 2.90. The van der Waals surface area contributed by atoms with E-state index in [1.54, 1.807) is 25.3 Å². The van der Waals surface area contributed by atoms with Gasteiger partial charge in [0.05, 0.1) is 7.11 Å². The van der Waals surface area contributed by atoms with Crippen molar-refractivity contribution in [2.24, 2.45) is 0 Å². The average Bonchev–Trinajstić information content (AvgIpc) is 2.16. The van der Waals surface area contributed by atoms with E-state index in [2.05, 4.69) is 12.6 Å². The first-order valence-electron chi connectivity index (χ1n) is 4.07. The molecule has 0 saturated carbocycles. The van der Waals surface area contributed by atoms with E-state index < -0.39 is 5.38 Å². The molecule has 1 unspecified atom stereocenters. The zero-order chi connectivity index (χ0) is 10.7. The summed E-state index contributed by atoms with van der Waals surface area (Å²) in [5.41, 5.74) is 0.661. The number of ether oxygens (including phenoxy) is 1. The Hall–Kier alpha value is -0.670. The Labute approximate surface area is 93.6 Å². The number of thiol groups is 1. The van der Waals surface area contributed by atoms with Crippen molar-refractivity contribution in [1.29, 1.82) is 0 Å². The Morgan fingerprint density at radius 1 is 1.57 bits per heavy atom. The number of carbonyl (C=O) groups excluding carboxylic acids is 1. The van der Waals surface area contributed by atoms with Crippen molar-refractivity contribution in [3.63, 3.8) is 0 Å². The molecule has 76 valence electrons. The maximum absolute atomic E-state index is 11.1. The topological polar surface area (TPSA) is 26.3 Å². The maximum Gasteiger partial charge on any atom is 0.152 e. The molecule has 1 aromatic carbocycles. The molecule has 0 aliphatic heterocycles. The summed E-state index contributed by atoms with van der Waals surface area (Å²) in [5.74, 6) is 0.502. The molecule has 0 fully saturated rings. The Bertz CT molecular complexity index is 352. The quantitative estimate of drug-likeness (QED) is 0.639. The number of hydrogen-bond acceptors (Lipinski definition) is 3. The van der Waals surface area contributed by atoms with Crippen molar-refractivity contribution >= 4 is 30.0 Å². The number of halogens is 1. The Morgan fingerprint density at radius 3 is 2.71 bits per heavy atom. The van der Waals surface area contributed by atoms with Crippen molar-refractivity contribution in [2.45, 2.75) is 17.2 Å². The van der Waals surface area contributed by atoms with Crippen molar-refractivity contribution < 1.29 is 9.53 Å². The molecule has 0 amide bonds. The van der Waals surface area contributed by atoms with Gasteiger partial charge in [-0.2, -0.15) is 0 Å². The summed E-state index contributed by atoms with van der Waals surface area (Å²) in [7, 11) is 1.54. The average molecular weight is 231 g/mol. The molecule has 0 spiro atoms. The van der Waals surface area contributed by atoms with Crippen LogP contribution in [0.4, 0.5) is 0 Å². The summed E-state index contributed by atoms with van der Waals surface area (Å²) in [5, 5.41) is -0.669. The molecular weight excluding hydrogens is 220 g/mol. The van der Waals surface area contributed by atoms with Crippen LogP contribution in [0.5, 0.6) is 5.75 Å². The third kappa shape index (κ3) is 2.42. The fourth-order valence-electron chi connectivity index (χ4n) is 1.14. The molecule has 0 heterocycles. The predicted molar refractivity (Wildman–Crippen MR) is 59.5 cm³/mol. The van der Waals surface area contributed by atoms with Gasteiger partial charge in [-0.3, -0.25) is 4.79 Å². The fourth-order valence-corrected chi connectivity index (χ4v) is 1.52. The molecule has 0 N–H and O–H groups in total.